The number of Topliss-reactive ketones (excluding diaryl/α,β-unsaturated/α-hetero) is 1. The number of hydrogen-bond donors (Lipinski definition) is 5. The molecule has 2 aromatic rings. The first-order chi connectivity index (χ1) is 15.2. The lowest BCUT2D eigenvalue weighted by Gasteiger charge is -2.26. The molecule has 0 aliphatic rings. The summed E-state index contributed by atoms with van der Waals surface area (Å²) in [5, 5.41) is 9.95. The van der Waals surface area contributed by atoms with Gasteiger partial charge in [0.25, 0.3) is 0 Å². The molecule has 0 spiro atoms. The number of ketones is 1. The molecule has 8 heteroatoms. The highest BCUT2D eigenvalue weighted by molar-refractivity contribution is 5.93. The van der Waals surface area contributed by atoms with Gasteiger partial charge >= 0.3 is 6.03 Å². The number of H-pyrrole nitrogens is 1. The number of nitrogens with two attached hydrogens (primary N) is 1. The van der Waals surface area contributed by atoms with E-state index >= 15 is 0 Å². The van der Waals surface area contributed by atoms with Crippen LogP contribution in [0.2, 0.25) is 0 Å². The predicted octanol–water partition coefficient (Wildman–Crippen LogP) is 2.63. The van der Waals surface area contributed by atoms with E-state index in [-0.39, 0.29) is 23.7 Å². The van der Waals surface area contributed by atoms with Gasteiger partial charge in [-0.1, -0.05) is 39.0 Å². The van der Waals surface area contributed by atoms with E-state index in [0.29, 0.717) is 25.8 Å². The van der Waals surface area contributed by atoms with Crippen LogP contribution in [0.25, 0.3) is 10.9 Å². The number of amides is 3. The van der Waals surface area contributed by atoms with Gasteiger partial charge < -0.3 is 26.7 Å². The molecule has 0 bridgehead atoms. The maximum absolute atomic E-state index is 13.2. The lowest BCUT2D eigenvalue weighted by Crippen LogP contribution is -2.53. The first-order valence-corrected chi connectivity index (χ1v) is 11.4. The third kappa shape index (κ3) is 7.37. The van der Waals surface area contributed by atoms with Crippen LogP contribution in [-0.4, -0.2) is 47.4 Å². The number of aromatic nitrogens is 1. The Morgan fingerprint density at radius 3 is 2.47 bits per heavy atom. The highest BCUT2D eigenvalue weighted by Crippen LogP contribution is 2.20. The summed E-state index contributed by atoms with van der Waals surface area (Å²) in [4.78, 5) is 40.3. The molecular formula is C24H37N5O3. The summed E-state index contributed by atoms with van der Waals surface area (Å²) in [5.41, 5.74) is 7.12. The van der Waals surface area contributed by atoms with Crippen molar-refractivity contribution >= 4 is 28.6 Å². The summed E-state index contributed by atoms with van der Waals surface area (Å²) in [6, 6.07) is 6.40. The minimum Gasteiger partial charge on any atom is -0.361 e. The van der Waals surface area contributed by atoms with Gasteiger partial charge in [-0.2, -0.15) is 0 Å². The number of carbonyl (C=O) groups is 3. The van der Waals surface area contributed by atoms with Crippen LogP contribution in [0, 0.1) is 5.92 Å². The van der Waals surface area contributed by atoms with E-state index in [1.807, 2.05) is 58.2 Å². The van der Waals surface area contributed by atoms with E-state index in [2.05, 4.69) is 20.9 Å². The second-order valence-corrected chi connectivity index (χ2v) is 8.64. The number of primary amides is 1. The lowest BCUT2D eigenvalue weighted by atomic mass is 9.95. The fraction of sp³-hybridized carbons (Fsp3) is 0.542. The Morgan fingerprint density at radius 2 is 1.81 bits per heavy atom. The molecule has 2 rings (SSSR count). The van der Waals surface area contributed by atoms with Gasteiger partial charge in [-0.3, -0.25) is 9.59 Å². The van der Waals surface area contributed by atoms with Gasteiger partial charge in [-0.15, -0.1) is 0 Å². The summed E-state index contributed by atoms with van der Waals surface area (Å²) in [6.45, 7) is 8.15. The largest absolute Gasteiger partial charge is 0.361 e. The van der Waals surface area contributed by atoms with Crippen molar-refractivity contribution in [3.05, 3.63) is 36.0 Å². The monoisotopic (exact) mass is 443 g/mol. The number of urea groups is 1. The molecule has 0 saturated carbocycles. The zero-order valence-corrected chi connectivity index (χ0v) is 19.5. The second kappa shape index (κ2) is 12.2. The van der Waals surface area contributed by atoms with Crippen molar-refractivity contribution in [2.45, 2.75) is 71.5 Å². The fourth-order valence-corrected chi connectivity index (χ4v) is 3.69. The third-order valence-electron chi connectivity index (χ3n) is 5.71. The topological polar surface area (TPSA) is 129 Å². The first-order valence-electron chi connectivity index (χ1n) is 11.4. The summed E-state index contributed by atoms with van der Waals surface area (Å²) in [7, 11) is 0. The molecular weight excluding hydrogens is 406 g/mol. The molecule has 1 unspecified atom stereocenters. The number of nitrogens with one attached hydrogen (secondary N) is 4. The highest BCUT2D eigenvalue weighted by atomic mass is 16.2. The van der Waals surface area contributed by atoms with Crippen molar-refractivity contribution in [1.82, 2.24) is 20.9 Å². The maximum atomic E-state index is 13.2. The standard InChI is InChI=1S/C24H37N5O3/c1-5-16(4)28-20(11-8-12-26-24(25)32)23(31)29-21(22(30)15(2)3)13-17-14-27-19-10-7-6-9-18(17)19/h6-7,9-10,14-16,20-21,27-28H,5,8,11-13H2,1-4H3,(H,29,31)(H3,25,26,32)/t16?,20-,21-/m0/s1. The van der Waals surface area contributed by atoms with E-state index in [1.54, 1.807) is 0 Å². The number of hydrogen-bond acceptors (Lipinski definition) is 4. The number of carbonyl (C=O) groups excluding carboxylic acids is 3. The number of rotatable bonds is 13. The van der Waals surface area contributed by atoms with E-state index in [4.69, 9.17) is 5.73 Å². The van der Waals surface area contributed by atoms with Crippen LogP contribution < -0.4 is 21.7 Å². The van der Waals surface area contributed by atoms with Gasteiger partial charge in [0.05, 0.1) is 12.1 Å². The van der Waals surface area contributed by atoms with Crippen molar-refractivity contribution < 1.29 is 14.4 Å². The van der Waals surface area contributed by atoms with Gasteiger partial charge in [0, 0.05) is 42.0 Å². The van der Waals surface area contributed by atoms with Gasteiger partial charge in [0.15, 0.2) is 5.78 Å². The summed E-state index contributed by atoms with van der Waals surface area (Å²) >= 11 is 0. The summed E-state index contributed by atoms with van der Waals surface area (Å²) in [5.74, 6) is -0.407. The van der Waals surface area contributed by atoms with Crippen LogP contribution in [0.15, 0.2) is 30.5 Å². The highest BCUT2D eigenvalue weighted by Gasteiger charge is 2.28. The Hall–Kier alpha value is -2.87. The first kappa shape index (κ1) is 25.4. The molecule has 1 aromatic heterocycles. The summed E-state index contributed by atoms with van der Waals surface area (Å²) < 4.78 is 0. The van der Waals surface area contributed by atoms with Crippen molar-refractivity contribution in [3.63, 3.8) is 0 Å². The molecule has 0 aliphatic heterocycles. The molecule has 1 aromatic carbocycles. The normalized spacial score (nSPS) is 14.2. The molecule has 6 N–H and O–H groups in total. The Bertz CT molecular complexity index is 908. The lowest BCUT2D eigenvalue weighted by molar-refractivity contribution is -0.130. The van der Waals surface area contributed by atoms with Gasteiger partial charge in [-0.25, -0.2) is 4.79 Å². The van der Waals surface area contributed by atoms with Crippen LogP contribution >= 0.6 is 0 Å². The average Bonchev–Trinajstić information content (AvgIpc) is 3.17. The van der Waals surface area contributed by atoms with Crippen LogP contribution in [0.5, 0.6) is 0 Å². The Kier molecular flexibility index (Phi) is 9.71. The number of benzene rings is 1. The van der Waals surface area contributed by atoms with Crippen LogP contribution in [0.4, 0.5) is 4.79 Å². The zero-order chi connectivity index (χ0) is 23.7. The molecule has 32 heavy (non-hydrogen) atoms. The minimum atomic E-state index is -0.619. The van der Waals surface area contributed by atoms with Gasteiger partial charge in [0.1, 0.15) is 0 Å². The van der Waals surface area contributed by atoms with E-state index in [1.165, 1.54) is 0 Å². The molecule has 176 valence electrons. The quantitative estimate of drug-likeness (QED) is 0.305. The SMILES string of the molecule is CCC(C)N[C@@H](CCCNC(N)=O)C(=O)N[C@@H](Cc1c[nH]c2ccccc12)C(=O)C(C)C. The molecule has 8 nitrogen and oxygen atoms in total. The van der Waals surface area contributed by atoms with E-state index < -0.39 is 18.1 Å². The molecule has 3 atom stereocenters. The number of fused-ring (bicyclic) bond motifs is 1. The molecule has 0 saturated heterocycles. The smallest absolute Gasteiger partial charge is 0.312 e. The summed E-state index contributed by atoms with van der Waals surface area (Å²) in [6.07, 6.45) is 4.31. The molecule has 1 heterocycles. The average molecular weight is 444 g/mol. The number of para-hydroxylation sites is 1. The number of aromatic amines is 1. The van der Waals surface area contributed by atoms with E-state index in [0.717, 1.165) is 22.9 Å². The molecule has 0 radical (unpaired) electrons. The zero-order valence-electron chi connectivity index (χ0n) is 19.5. The minimum absolute atomic E-state index is 0.00122. The Labute approximate surface area is 190 Å². The molecule has 0 fully saturated rings. The van der Waals surface area contributed by atoms with Crippen LogP contribution in [-0.2, 0) is 16.0 Å². The van der Waals surface area contributed by atoms with Gasteiger partial charge in [0.2, 0.25) is 5.91 Å². The predicted molar refractivity (Wildman–Crippen MR) is 127 cm³/mol. The second-order valence-electron chi connectivity index (χ2n) is 8.64. The molecule has 0 aliphatic carbocycles. The van der Waals surface area contributed by atoms with Crippen molar-refractivity contribution in [2.24, 2.45) is 11.7 Å². The van der Waals surface area contributed by atoms with Crippen LogP contribution in [0.3, 0.4) is 0 Å². The van der Waals surface area contributed by atoms with Crippen molar-refractivity contribution in [1.29, 1.82) is 0 Å². The van der Waals surface area contributed by atoms with Crippen molar-refractivity contribution in [2.75, 3.05) is 6.54 Å². The Morgan fingerprint density at radius 1 is 1.09 bits per heavy atom. The van der Waals surface area contributed by atoms with Crippen molar-refractivity contribution in [3.8, 4) is 0 Å². The molecule has 3 amide bonds. The van der Waals surface area contributed by atoms with Gasteiger partial charge in [-0.05, 0) is 37.8 Å². The maximum Gasteiger partial charge on any atom is 0.312 e. The fourth-order valence-electron chi connectivity index (χ4n) is 3.69. The Balaban J connectivity index is 2.15. The third-order valence-corrected chi connectivity index (χ3v) is 5.71. The van der Waals surface area contributed by atoms with E-state index in [9.17, 15) is 14.4 Å². The van der Waals surface area contributed by atoms with Crippen LogP contribution in [0.1, 0.15) is 52.5 Å².